The normalized spacial score (nSPS) is 12.6. The van der Waals surface area contributed by atoms with Crippen molar-refractivity contribution >= 4 is 34.7 Å². The smallest absolute Gasteiger partial charge is 0.144 e. The summed E-state index contributed by atoms with van der Waals surface area (Å²) in [6.07, 6.45) is 1.66. The van der Waals surface area contributed by atoms with Crippen LogP contribution in [0.25, 0.3) is 0 Å². The standard InChI is InChI=1S/C14H21Cl2N3O/c1-9-7-11(16)12(8-10(9)15)18-6-4-5-14(2,3)13(17)19-20/h7-8,18,20H,4-6H2,1-3H3,(H2,17,19). The fourth-order valence-electron chi connectivity index (χ4n) is 1.80. The molecule has 4 N–H and O–H groups in total. The topological polar surface area (TPSA) is 70.6 Å². The Bertz CT molecular complexity index is 501. The minimum Gasteiger partial charge on any atom is -0.409 e. The van der Waals surface area contributed by atoms with E-state index in [0.29, 0.717) is 10.0 Å². The Balaban J connectivity index is 2.52. The lowest BCUT2D eigenvalue weighted by atomic mass is 9.86. The fraction of sp³-hybridized carbons (Fsp3) is 0.500. The Hall–Kier alpha value is -1.13. The number of hydrogen-bond acceptors (Lipinski definition) is 3. The molecule has 1 aromatic rings. The molecule has 0 saturated heterocycles. The first-order valence-corrected chi connectivity index (χ1v) is 7.21. The summed E-state index contributed by atoms with van der Waals surface area (Å²) in [5.41, 5.74) is 7.09. The predicted octanol–water partition coefficient (Wildman–Crippen LogP) is 4.27. The van der Waals surface area contributed by atoms with Crippen LogP contribution in [0.4, 0.5) is 5.69 Å². The number of anilines is 1. The molecule has 0 bridgehead atoms. The van der Waals surface area contributed by atoms with Crippen molar-refractivity contribution < 1.29 is 5.21 Å². The van der Waals surface area contributed by atoms with E-state index in [1.807, 2.05) is 32.9 Å². The van der Waals surface area contributed by atoms with Gasteiger partial charge in [0.2, 0.25) is 0 Å². The van der Waals surface area contributed by atoms with E-state index in [1.54, 1.807) is 0 Å². The molecular formula is C14H21Cl2N3O. The van der Waals surface area contributed by atoms with Crippen molar-refractivity contribution in [2.24, 2.45) is 16.3 Å². The summed E-state index contributed by atoms with van der Waals surface area (Å²) in [5.74, 6) is 0.244. The fourth-order valence-corrected chi connectivity index (χ4v) is 2.25. The van der Waals surface area contributed by atoms with E-state index < -0.39 is 0 Å². The van der Waals surface area contributed by atoms with Crippen molar-refractivity contribution in [2.75, 3.05) is 11.9 Å². The molecule has 0 atom stereocenters. The average molecular weight is 318 g/mol. The molecule has 0 spiro atoms. The lowest BCUT2D eigenvalue weighted by molar-refractivity contribution is 0.305. The number of nitrogens with one attached hydrogen (secondary N) is 1. The van der Waals surface area contributed by atoms with Gasteiger partial charge >= 0.3 is 0 Å². The summed E-state index contributed by atoms with van der Waals surface area (Å²) in [6.45, 7) is 6.54. The molecule has 112 valence electrons. The molecular weight excluding hydrogens is 297 g/mol. The monoisotopic (exact) mass is 317 g/mol. The van der Waals surface area contributed by atoms with Crippen molar-refractivity contribution in [2.45, 2.75) is 33.6 Å². The summed E-state index contributed by atoms with van der Waals surface area (Å²) < 4.78 is 0. The minimum absolute atomic E-state index is 0.244. The number of nitrogens with zero attached hydrogens (tertiary/aromatic N) is 1. The van der Waals surface area contributed by atoms with E-state index in [0.717, 1.165) is 30.6 Å². The molecule has 0 unspecified atom stereocenters. The van der Waals surface area contributed by atoms with E-state index >= 15 is 0 Å². The van der Waals surface area contributed by atoms with Crippen LogP contribution in [0, 0.1) is 12.3 Å². The van der Waals surface area contributed by atoms with Crippen LogP contribution in [-0.2, 0) is 0 Å². The lowest BCUT2D eigenvalue weighted by Gasteiger charge is -2.22. The van der Waals surface area contributed by atoms with Gasteiger partial charge in [-0.25, -0.2) is 0 Å². The number of nitrogens with two attached hydrogens (primary N) is 1. The van der Waals surface area contributed by atoms with Crippen LogP contribution in [-0.4, -0.2) is 17.6 Å². The van der Waals surface area contributed by atoms with Crippen LogP contribution in [0.5, 0.6) is 0 Å². The summed E-state index contributed by atoms with van der Waals surface area (Å²) in [6, 6.07) is 3.67. The highest BCUT2D eigenvalue weighted by Crippen LogP contribution is 2.29. The Morgan fingerprint density at radius 2 is 2.00 bits per heavy atom. The number of amidine groups is 1. The minimum atomic E-state index is -0.328. The molecule has 0 aliphatic heterocycles. The van der Waals surface area contributed by atoms with Crippen molar-refractivity contribution in [1.29, 1.82) is 0 Å². The van der Waals surface area contributed by atoms with Crippen LogP contribution < -0.4 is 11.1 Å². The third-order valence-electron chi connectivity index (χ3n) is 3.34. The number of aryl methyl sites for hydroxylation is 1. The molecule has 0 aliphatic rings. The first kappa shape index (κ1) is 16.9. The van der Waals surface area contributed by atoms with Crippen LogP contribution in [0.2, 0.25) is 10.0 Å². The second kappa shape index (κ2) is 7.04. The highest BCUT2D eigenvalue weighted by molar-refractivity contribution is 6.35. The Labute approximate surface area is 129 Å². The summed E-state index contributed by atoms with van der Waals surface area (Å²) in [7, 11) is 0. The van der Waals surface area contributed by atoms with E-state index in [-0.39, 0.29) is 11.3 Å². The summed E-state index contributed by atoms with van der Waals surface area (Å²) >= 11 is 12.2. The van der Waals surface area contributed by atoms with E-state index in [1.165, 1.54) is 0 Å². The van der Waals surface area contributed by atoms with Crippen molar-refractivity contribution in [3.63, 3.8) is 0 Å². The number of oxime groups is 1. The van der Waals surface area contributed by atoms with Gasteiger partial charge in [0.05, 0.1) is 10.7 Å². The molecule has 0 amide bonds. The molecule has 1 rings (SSSR count). The van der Waals surface area contributed by atoms with Gasteiger partial charge in [0.25, 0.3) is 0 Å². The first-order chi connectivity index (χ1) is 9.27. The third-order valence-corrected chi connectivity index (χ3v) is 4.06. The molecule has 6 heteroatoms. The molecule has 0 aromatic heterocycles. The first-order valence-electron chi connectivity index (χ1n) is 6.45. The Kier molecular flexibility index (Phi) is 5.96. The van der Waals surface area contributed by atoms with E-state index in [9.17, 15) is 0 Å². The maximum atomic E-state index is 8.71. The van der Waals surface area contributed by atoms with Crippen LogP contribution in [0.1, 0.15) is 32.3 Å². The molecule has 0 aliphatic carbocycles. The SMILES string of the molecule is Cc1cc(Cl)c(NCCCC(C)(C)/C(N)=N/O)cc1Cl. The number of hydrogen-bond donors (Lipinski definition) is 3. The predicted molar refractivity (Wildman–Crippen MR) is 86.1 cm³/mol. The van der Waals surface area contributed by atoms with Gasteiger partial charge in [0, 0.05) is 17.0 Å². The molecule has 0 heterocycles. The maximum Gasteiger partial charge on any atom is 0.144 e. The van der Waals surface area contributed by atoms with Gasteiger partial charge in [-0.05, 0) is 37.5 Å². The van der Waals surface area contributed by atoms with Gasteiger partial charge in [0.1, 0.15) is 5.84 Å². The van der Waals surface area contributed by atoms with E-state index in [2.05, 4.69) is 10.5 Å². The molecule has 0 fully saturated rings. The summed E-state index contributed by atoms with van der Waals surface area (Å²) in [5, 5.41) is 16.4. The zero-order valence-corrected chi connectivity index (χ0v) is 13.5. The second-order valence-electron chi connectivity index (χ2n) is 5.48. The van der Waals surface area contributed by atoms with Crippen molar-refractivity contribution in [1.82, 2.24) is 0 Å². The lowest BCUT2D eigenvalue weighted by Crippen LogP contribution is -2.32. The van der Waals surface area contributed by atoms with Gasteiger partial charge < -0.3 is 16.3 Å². The Morgan fingerprint density at radius 3 is 2.60 bits per heavy atom. The third kappa shape index (κ3) is 4.46. The number of benzene rings is 1. The quantitative estimate of drug-likeness (QED) is 0.241. The van der Waals surface area contributed by atoms with Gasteiger partial charge in [-0.15, -0.1) is 0 Å². The van der Waals surface area contributed by atoms with Crippen molar-refractivity contribution in [3.8, 4) is 0 Å². The molecule has 0 radical (unpaired) electrons. The van der Waals surface area contributed by atoms with Gasteiger partial charge in [0.15, 0.2) is 0 Å². The highest BCUT2D eigenvalue weighted by atomic mass is 35.5. The second-order valence-corrected chi connectivity index (χ2v) is 6.30. The maximum absolute atomic E-state index is 8.71. The summed E-state index contributed by atoms with van der Waals surface area (Å²) in [4.78, 5) is 0. The highest BCUT2D eigenvalue weighted by Gasteiger charge is 2.22. The number of rotatable bonds is 6. The van der Waals surface area contributed by atoms with Gasteiger partial charge in [-0.2, -0.15) is 0 Å². The molecule has 20 heavy (non-hydrogen) atoms. The van der Waals surface area contributed by atoms with Gasteiger partial charge in [-0.3, -0.25) is 0 Å². The largest absolute Gasteiger partial charge is 0.409 e. The number of halogens is 2. The van der Waals surface area contributed by atoms with Crippen LogP contribution >= 0.6 is 23.2 Å². The zero-order chi connectivity index (χ0) is 15.3. The average Bonchev–Trinajstić information content (AvgIpc) is 2.39. The zero-order valence-electron chi connectivity index (χ0n) is 12.0. The van der Waals surface area contributed by atoms with Crippen LogP contribution in [0.15, 0.2) is 17.3 Å². The molecule has 0 saturated carbocycles. The van der Waals surface area contributed by atoms with Crippen molar-refractivity contribution in [3.05, 3.63) is 27.7 Å². The Morgan fingerprint density at radius 1 is 1.35 bits per heavy atom. The molecule has 4 nitrogen and oxygen atoms in total. The van der Waals surface area contributed by atoms with E-state index in [4.69, 9.17) is 34.1 Å². The molecule has 1 aromatic carbocycles. The van der Waals surface area contributed by atoms with Gasteiger partial charge in [-0.1, -0.05) is 42.2 Å². The van der Waals surface area contributed by atoms with Crippen LogP contribution in [0.3, 0.4) is 0 Å².